The molecule has 0 spiro atoms. The molecule has 0 aromatic carbocycles. The summed E-state index contributed by atoms with van der Waals surface area (Å²) in [6.45, 7) is 4.28. The molecule has 0 atom stereocenters. The van der Waals surface area contributed by atoms with Gasteiger partial charge in [-0.1, -0.05) is 25.7 Å². The number of hydrogen-bond donors (Lipinski definition) is 1. The zero-order valence-electron chi connectivity index (χ0n) is 12.9. The molecule has 0 radical (unpaired) electrons. The third kappa shape index (κ3) is 3.00. The van der Waals surface area contributed by atoms with Crippen LogP contribution in [0.2, 0.25) is 0 Å². The van der Waals surface area contributed by atoms with Gasteiger partial charge in [-0.05, 0) is 44.2 Å². The van der Waals surface area contributed by atoms with Gasteiger partial charge in [0.2, 0.25) is 0 Å². The predicted molar refractivity (Wildman–Crippen MR) is 89.2 cm³/mol. The van der Waals surface area contributed by atoms with Gasteiger partial charge in [-0.2, -0.15) is 0 Å². The maximum Gasteiger partial charge on any atom is 0.268 e. The van der Waals surface area contributed by atoms with Gasteiger partial charge in [0.25, 0.3) is 5.91 Å². The van der Waals surface area contributed by atoms with Crippen LogP contribution in [0.1, 0.15) is 68.9 Å². The highest BCUT2D eigenvalue weighted by atomic mass is 32.1. The Morgan fingerprint density at radius 3 is 2.67 bits per heavy atom. The Bertz CT molecular complexity index is 618. The molecule has 0 aliphatic heterocycles. The van der Waals surface area contributed by atoms with E-state index >= 15 is 0 Å². The fourth-order valence-corrected chi connectivity index (χ4v) is 4.17. The fourth-order valence-electron chi connectivity index (χ4n) is 3.36. The summed E-state index contributed by atoms with van der Waals surface area (Å²) in [6, 6.07) is 4.81. The highest BCUT2D eigenvalue weighted by Gasteiger charge is 2.21. The molecule has 4 heteroatoms. The highest BCUT2D eigenvalue weighted by molar-refractivity contribution is 7.17. The molecule has 2 aromatic heterocycles. The Morgan fingerprint density at radius 2 is 2.00 bits per heavy atom. The van der Waals surface area contributed by atoms with Crippen LogP contribution in [0.25, 0.3) is 10.2 Å². The van der Waals surface area contributed by atoms with Gasteiger partial charge in [0.1, 0.15) is 5.69 Å². The zero-order chi connectivity index (χ0) is 14.8. The van der Waals surface area contributed by atoms with Crippen molar-refractivity contribution in [1.82, 2.24) is 9.88 Å². The van der Waals surface area contributed by atoms with Crippen LogP contribution < -0.4 is 5.32 Å². The second kappa shape index (κ2) is 6.22. The number of nitrogens with zero attached hydrogens (tertiary/aromatic N) is 1. The molecule has 1 saturated carbocycles. The maximum absolute atomic E-state index is 12.7. The Balaban J connectivity index is 1.83. The number of aromatic nitrogens is 1. The molecule has 3 rings (SSSR count). The lowest BCUT2D eigenvalue weighted by atomic mass is 10.1. The van der Waals surface area contributed by atoms with Crippen molar-refractivity contribution < 1.29 is 4.79 Å². The minimum absolute atomic E-state index is 0.0963. The van der Waals surface area contributed by atoms with Crippen molar-refractivity contribution in [2.45, 2.75) is 64.5 Å². The number of hydrogen-bond acceptors (Lipinski definition) is 2. The Morgan fingerprint density at radius 1 is 1.29 bits per heavy atom. The summed E-state index contributed by atoms with van der Waals surface area (Å²) in [7, 11) is 0. The molecule has 1 fully saturated rings. The molecule has 0 unspecified atom stereocenters. The number of thiophene rings is 1. The van der Waals surface area contributed by atoms with Gasteiger partial charge in [0.15, 0.2) is 0 Å². The van der Waals surface area contributed by atoms with E-state index in [1.165, 1.54) is 35.9 Å². The van der Waals surface area contributed by atoms with Crippen molar-refractivity contribution in [3.63, 3.8) is 0 Å². The van der Waals surface area contributed by atoms with E-state index in [0.717, 1.165) is 18.5 Å². The largest absolute Gasteiger partial charge is 0.348 e. The summed E-state index contributed by atoms with van der Waals surface area (Å²) in [5.41, 5.74) is 2.00. The van der Waals surface area contributed by atoms with E-state index in [9.17, 15) is 4.79 Å². The van der Waals surface area contributed by atoms with Crippen molar-refractivity contribution >= 4 is 27.5 Å². The van der Waals surface area contributed by atoms with Gasteiger partial charge in [0.05, 0.1) is 10.2 Å². The summed E-state index contributed by atoms with van der Waals surface area (Å²) in [5.74, 6) is 0.0963. The molecule has 1 aliphatic carbocycles. The molecule has 3 nitrogen and oxygen atoms in total. The van der Waals surface area contributed by atoms with E-state index in [1.807, 2.05) is 6.07 Å². The fraction of sp³-hybridized carbons (Fsp3) is 0.588. The van der Waals surface area contributed by atoms with Crippen molar-refractivity contribution in [2.75, 3.05) is 0 Å². The first-order chi connectivity index (χ1) is 10.2. The van der Waals surface area contributed by atoms with Crippen LogP contribution in [0, 0.1) is 0 Å². The van der Waals surface area contributed by atoms with Gasteiger partial charge in [0, 0.05) is 12.1 Å². The van der Waals surface area contributed by atoms with E-state index in [0.29, 0.717) is 12.1 Å². The summed E-state index contributed by atoms with van der Waals surface area (Å²) in [6.07, 6.45) is 7.36. The number of fused-ring (bicyclic) bond motifs is 1. The summed E-state index contributed by atoms with van der Waals surface area (Å²) in [4.78, 5) is 12.7. The van der Waals surface area contributed by atoms with E-state index < -0.39 is 0 Å². The Hall–Kier alpha value is -1.29. The molecule has 1 aliphatic rings. The van der Waals surface area contributed by atoms with Gasteiger partial charge in [-0.3, -0.25) is 4.79 Å². The van der Waals surface area contributed by atoms with E-state index in [4.69, 9.17) is 0 Å². The maximum atomic E-state index is 12.7. The average molecular weight is 304 g/mol. The molecular formula is C17H24N2OS. The SMILES string of the molecule is CC(C)n1c(C(=O)NC2CCCCCC2)cc2sccc21. The number of carbonyl (C=O) groups excluding carboxylic acids is 1. The van der Waals surface area contributed by atoms with Crippen molar-refractivity contribution in [3.05, 3.63) is 23.2 Å². The zero-order valence-corrected chi connectivity index (χ0v) is 13.7. The molecule has 0 saturated heterocycles. The first kappa shape index (κ1) is 14.6. The number of carbonyl (C=O) groups is 1. The van der Waals surface area contributed by atoms with Crippen LogP contribution in [0.5, 0.6) is 0 Å². The highest BCUT2D eigenvalue weighted by Crippen LogP contribution is 2.28. The van der Waals surface area contributed by atoms with Crippen molar-refractivity contribution in [2.24, 2.45) is 0 Å². The first-order valence-electron chi connectivity index (χ1n) is 8.06. The lowest BCUT2D eigenvalue weighted by Gasteiger charge is -2.18. The van der Waals surface area contributed by atoms with E-state index in [-0.39, 0.29) is 5.91 Å². The van der Waals surface area contributed by atoms with Crippen LogP contribution in [0.3, 0.4) is 0 Å². The standard InChI is InChI=1S/C17H24N2OS/c1-12(2)19-14-9-10-21-16(14)11-15(19)17(20)18-13-7-5-3-4-6-8-13/h9-13H,3-8H2,1-2H3,(H,18,20). The molecule has 21 heavy (non-hydrogen) atoms. The van der Waals surface area contributed by atoms with Crippen molar-refractivity contribution in [1.29, 1.82) is 0 Å². The second-order valence-electron chi connectivity index (χ2n) is 6.33. The number of nitrogens with one attached hydrogen (secondary N) is 1. The normalized spacial score (nSPS) is 17.3. The third-order valence-electron chi connectivity index (χ3n) is 4.40. The Kier molecular flexibility index (Phi) is 4.34. The minimum atomic E-state index is 0.0963. The number of rotatable bonds is 3. The smallest absolute Gasteiger partial charge is 0.268 e. The molecular weight excluding hydrogens is 280 g/mol. The quantitative estimate of drug-likeness (QED) is 0.817. The molecule has 1 amide bonds. The van der Waals surface area contributed by atoms with Crippen molar-refractivity contribution in [3.8, 4) is 0 Å². The van der Waals surface area contributed by atoms with Crippen LogP contribution >= 0.6 is 11.3 Å². The molecule has 2 aromatic rings. The summed E-state index contributed by atoms with van der Waals surface area (Å²) >= 11 is 1.71. The molecule has 2 heterocycles. The summed E-state index contributed by atoms with van der Waals surface area (Å²) in [5, 5.41) is 5.36. The third-order valence-corrected chi connectivity index (χ3v) is 5.25. The summed E-state index contributed by atoms with van der Waals surface area (Å²) < 4.78 is 3.37. The van der Waals surface area contributed by atoms with Crippen LogP contribution in [0.15, 0.2) is 17.5 Å². The van der Waals surface area contributed by atoms with E-state index in [2.05, 4.69) is 35.2 Å². The van der Waals surface area contributed by atoms with E-state index in [1.54, 1.807) is 11.3 Å². The predicted octanol–water partition coefficient (Wildman–Crippen LogP) is 4.74. The second-order valence-corrected chi connectivity index (χ2v) is 7.27. The van der Waals surface area contributed by atoms with Gasteiger partial charge >= 0.3 is 0 Å². The minimum Gasteiger partial charge on any atom is -0.348 e. The van der Waals surface area contributed by atoms with Gasteiger partial charge in [-0.25, -0.2) is 0 Å². The van der Waals surface area contributed by atoms with Crippen LogP contribution in [0.4, 0.5) is 0 Å². The van der Waals surface area contributed by atoms with Crippen LogP contribution in [-0.4, -0.2) is 16.5 Å². The molecule has 114 valence electrons. The topological polar surface area (TPSA) is 34.0 Å². The van der Waals surface area contributed by atoms with Gasteiger partial charge in [-0.15, -0.1) is 11.3 Å². The molecule has 0 bridgehead atoms. The van der Waals surface area contributed by atoms with Crippen LogP contribution in [-0.2, 0) is 0 Å². The van der Waals surface area contributed by atoms with Gasteiger partial charge < -0.3 is 9.88 Å². The lowest BCUT2D eigenvalue weighted by molar-refractivity contribution is 0.0923. The lowest BCUT2D eigenvalue weighted by Crippen LogP contribution is -2.35. The average Bonchev–Trinajstić information content (AvgIpc) is 2.92. The number of amides is 1. The Labute approximate surface area is 130 Å². The monoisotopic (exact) mass is 304 g/mol. The molecule has 1 N–H and O–H groups in total. The first-order valence-corrected chi connectivity index (χ1v) is 8.94.